The third kappa shape index (κ3) is 2.28. The lowest BCUT2D eigenvalue weighted by atomic mass is 10.1. The molecule has 1 saturated heterocycles. The molecule has 0 saturated carbocycles. The van der Waals surface area contributed by atoms with Crippen molar-refractivity contribution in [1.82, 2.24) is 14.3 Å². The van der Waals surface area contributed by atoms with Crippen molar-refractivity contribution in [3.05, 3.63) is 57.5 Å². The molecule has 0 bridgehead atoms. The first kappa shape index (κ1) is 15.0. The standard InChI is InChI=1S/C15H11BrClN3O2/c1-3-11-8(2)14(21)20(15(11)22)7-10-6-19-5-9(17)4-12(16)13(19)18-10/h3-6H,2,7H2,1H3/b11-3+. The zero-order valence-electron chi connectivity index (χ0n) is 11.6. The van der Waals surface area contributed by atoms with Gasteiger partial charge in [-0.1, -0.05) is 24.3 Å². The van der Waals surface area contributed by atoms with Gasteiger partial charge in [-0.15, -0.1) is 0 Å². The zero-order chi connectivity index (χ0) is 16.0. The van der Waals surface area contributed by atoms with Gasteiger partial charge in [0.2, 0.25) is 0 Å². The average Bonchev–Trinajstić information content (AvgIpc) is 2.94. The maximum Gasteiger partial charge on any atom is 0.261 e. The number of carbonyl (C=O) groups excluding carboxylic acids is 2. The van der Waals surface area contributed by atoms with Crippen molar-refractivity contribution in [3.63, 3.8) is 0 Å². The predicted molar refractivity (Wildman–Crippen MR) is 86.4 cm³/mol. The summed E-state index contributed by atoms with van der Waals surface area (Å²) in [4.78, 5) is 29.9. The Bertz CT molecular complexity index is 869. The van der Waals surface area contributed by atoms with Crippen molar-refractivity contribution in [3.8, 4) is 0 Å². The molecule has 112 valence electrons. The highest BCUT2D eigenvalue weighted by Gasteiger charge is 2.37. The van der Waals surface area contributed by atoms with Gasteiger partial charge < -0.3 is 4.40 Å². The molecule has 0 radical (unpaired) electrons. The number of hydrogen-bond donors (Lipinski definition) is 0. The Kier molecular flexibility index (Phi) is 3.66. The van der Waals surface area contributed by atoms with Gasteiger partial charge in [0.25, 0.3) is 11.8 Å². The van der Waals surface area contributed by atoms with Gasteiger partial charge in [-0.05, 0) is 28.9 Å². The minimum Gasteiger partial charge on any atom is -0.304 e. The van der Waals surface area contributed by atoms with Crippen LogP contribution in [0.25, 0.3) is 5.65 Å². The highest BCUT2D eigenvalue weighted by atomic mass is 79.9. The topological polar surface area (TPSA) is 54.7 Å². The normalized spacial score (nSPS) is 17.3. The quantitative estimate of drug-likeness (QED) is 0.594. The van der Waals surface area contributed by atoms with E-state index in [0.717, 1.165) is 9.37 Å². The summed E-state index contributed by atoms with van der Waals surface area (Å²) in [6.45, 7) is 5.47. The summed E-state index contributed by atoms with van der Waals surface area (Å²) in [5, 5.41) is 0.557. The molecule has 3 rings (SSSR count). The summed E-state index contributed by atoms with van der Waals surface area (Å²) in [5.74, 6) is -0.723. The van der Waals surface area contributed by atoms with Gasteiger partial charge in [0, 0.05) is 23.5 Å². The SMILES string of the molecule is C=C1C(=O)N(Cc2cn3cc(Cl)cc(Br)c3n2)C(=O)/C1=C/C. The number of likely N-dealkylation sites (tertiary alicyclic amines) is 1. The fraction of sp³-hybridized carbons (Fsp3) is 0.133. The monoisotopic (exact) mass is 379 g/mol. The van der Waals surface area contributed by atoms with Crippen LogP contribution in [0.15, 0.2) is 46.7 Å². The summed E-state index contributed by atoms with van der Waals surface area (Å²) in [6.07, 6.45) is 5.05. The van der Waals surface area contributed by atoms with Gasteiger partial charge in [-0.25, -0.2) is 4.98 Å². The molecule has 22 heavy (non-hydrogen) atoms. The van der Waals surface area contributed by atoms with E-state index >= 15 is 0 Å². The van der Waals surface area contributed by atoms with Crippen LogP contribution in [-0.4, -0.2) is 26.1 Å². The zero-order valence-corrected chi connectivity index (χ0v) is 14.0. The molecule has 3 heterocycles. The van der Waals surface area contributed by atoms with Gasteiger partial charge >= 0.3 is 0 Å². The van der Waals surface area contributed by atoms with Crippen LogP contribution in [0.3, 0.4) is 0 Å². The molecule has 5 nitrogen and oxygen atoms in total. The second-order valence-corrected chi connectivity index (χ2v) is 6.14. The Balaban J connectivity index is 1.97. The molecule has 1 aliphatic heterocycles. The molecule has 0 atom stereocenters. The summed E-state index contributed by atoms with van der Waals surface area (Å²) < 4.78 is 2.49. The molecular weight excluding hydrogens is 370 g/mol. The molecule has 2 aromatic heterocycles. The van der Waals surface area contributed by atoms with Crippen LogP contribution in [0, 0.1) is 0 Å². The van der Waals surface area contributed by atoms with Gasteiger partial charge in [0.1, 0.15) is 0 Å². The minimum atomic E-state index is -0.382. The van der Waals surface area contributed by atoms with Crippen molar-refractivity contribution in [2.75, 3.05) is 0 Å². The molecule has 0 spiro atoms. The number of rotatable bonds is 2. The van der Waals surface area contributed by atoms with Gasteiger partial charge in [0.15, 0.2) is 5.65 Å². The van der Waals surface area contributed by atoms with Crippen molar-refractivity contribution < 1.29 is 9.59 Å². The fourth-order valence-corrected chi connectivity index (χ4v) is 3.29. The van der Waals surface area contributed by atoms with Crippen LogP contribution in [0.2, 0.25) is 5.02 Å². The van der Waals surface area contributed by atoms with Crippen LogP contribution in [0.1, 0.15) is 12.6 Å². The highest BCUT2D eigenvalue weighted by molar-refractivity contribution is 9.10. The van der Waals surface area contributed by atoms with Crippen molar-refractivity contribution in [2.45, 2.75) is 13.5 Å². The first-order valence-corrected chi connectivity index (χ1v) is 7.64. The van der Waals surface area contributed by atoms with Crippen molar-refractivity contribution in [1.29, 1.82) is 0 Å². The number of hydrogen-bond acceptors (Lipinski definition) is 3. The van der Waals surface area contributed by atoms with Crippen LogP contribution >= 0.6 is 27.5 Å². The molecule has 0 unspecified atom stereocenters. The van der Waals surface area contributed by atoms with Gasteiger partial charge in [-0.2, -0.15) is 0 Å². The van der Waals surface area contributed by atoms with Crippen LogP contribution in [0.5, 0.6) is 0 Å². The third-order valence-electron chi connectivity index (χ3n) is 3.44. The maximum absolute atomic E-state index is 12.2. The van der Waals surface area contributed by atoms with Crippen molar-refractivity contribution in [2.24, 2.45) is 0 Å². The first-order chi connectivity index (χ1) is 10.4. The lowest BCUT2D eigenvalue weighted by Crippen LogP contribution is -2.29. The number of halogens is 2. The predicted octanol–water partition coefficient (Wildman–Crippen LogP) is 3.12. The maximum atomic E-state index is 12.2. The number of pyridine rings is 1. The molecule has 0 N–H and O–H groups in total. The number of allylic oxidation sites excluding steroid dienone is 1. The number of imide groups is 1. The Morgan fingerprint density at radius 1 is 1.36 bits per heavy atom. The molecule has 1 aliphatic rings. The van der Waals surface area contributed by atoms with E-state index in [9.17, 15) is 9.59 Å². The Hall–Kier alpha value is -1.92. The summed E-state index contributed by atoms with van der Waals surface area (Å²) in [7, 11) is 0. The summed E-state index contributed by atoms with van der Waals surface area (Å²) in [5.41, 5.74) is 1.83. The second-order valence-electron chi connectivity index (χ2n) is 4.85. The summed E-state index contributed by atoms with van der Waals surface area (Å²) >= 11 is 9.38. The molecular formula is C15H11BrClN3O2. The fourth-order valence-electron chi connectivity index (χ4n) is 2.40. The van der Waals surface area contributed by atoms with Crippen molar-refractivity contribution >= 4 is 45.0 Å². The molecule has 0 aromatic carbocycles. The van der Waals surface area contributed by atoms with Crippen LogP contribution in [-0.2, 0) is 16.1 Å². The molecule has 2 amide bonds. The van der Waals surface area contributed by atoms with E-state index in [0.29, 0.717) is 21.9 Å². The Morgan fingerprint density at radius 2 is 2.09 bits per heavy atom. The number of amides is 2. The molecule has 2 aromatic rings. The molecule has 0 aliphatic carbocycles. The van der Waals surface area contributed by atoms with E-state index in [1.54, 1.807) is 35.9 Å². The van der Waals surface area contributed by atoms with Gasteiger partial charge in [0.05, 0.1) is 21.7 Å². The van der Waals surface area contributed by atoms with E-state index in [2.05, 4.69) is 27.5 Å². The van der Waals surface area contributed by atoms with Gasteiger partial charge in [-0.3, -0.25) is 14.5 Å². The number of aromatic nitrogens is 2. The molecule has 1 fully saturated rings. The second kappa shape index (κ2) is 5.37. The number of imidazole rings is 1. The largest absolute Gasteiger partial charge is 0.304 e. The number of nitrogens with zero attached hydrogens (tertiary/aromatic N) is 3. The smallest absolute Gasteiger partial charge is 0.261 e. The van der Waals surface area contributed by atoms with E-state index in [-0.39, 0.29) is 23.9 Å². The lowest BCUT2D eigenvalue weighted by Gasteiger charge is -2.10. The minimum absolute atomic E-state index is 0.0970. The van der Waals surface area contributed by atoms with Crippen LogP contribution < -0.4 is 0 Å². The summed E-state index contributed by atoms with van der Waals surface area (Å²) in [6, 6.07) is 1.74. The number of fused-ring (bicyclic) bond motifs is 1. The first-order valence-electron chi connectivity index (χ1n) is 6.46. The highest BCUT2D eigenvalue weighted by Crippen LogP contribution is 2.26. The Morgan fingerprint density at radius 3 is 2.73 bits per heavy atom. The average molecular weight is 381 g/mol. The lowest BCUT2D eigenvalue weighted by molar-refractivity contribution is -0.137. The third-order valence-corrected chi connectivity index (χ3v) is 4.23. The van der Waals surface area contributed by atoms with E-state index < -0.39 is 0 Å². The molecule has 7 heteroatoms. The number of carbonyl (C=O) groups is 2. The van der Waals surface area contributed by atoms with E-state index in [1.807, 2.05) is 0 Å². The van der Waals surface area contributed by atoms with E-state index in [4.69, 9.17) is 11.6 Å². The Labute approximate surface area is 140 Å². The van der Waals surface area contributed by atoms with Crippen LogP contribution in [0.4, 0.5) is 0 Å². The van der Waals surface area contributed by atoms with E-state index in [1.165, 1.54) is 0 Å².